The van der Waals surface area contributed by atoms with Gasteiger partial charge < -0.3 is 30.0 Å². The molecule has 2 aliphatic rings. The van der Waals surface area contributed by atoms with Crippen molar-refractivity contribution in [3.63, 3.8) is 0 Å². The lowest BCUT2D eigenvalue weighted by Crippen LogP contribution is -2.29. The van der Waals surface area contributed by atoms with Crippen molar-refractivity contribution in [1.29, 1.82) is 0 Å². The molecule has 170 valence electrons. The number of benzene rings is 2. The van der Waals surface area contributed by atoms with Gasteiger partial charge in [0.05, 0.1) is 21.3 Å². The molecule has 10 heteroatoms. The lowest BCUT2D eigenvalue weighted by Gasteiger charge is -2.29. The molecule has 0 saturated carbocycles. The molecule has 0 aliphatic carbocycles. The third kappa shape index (κ3) is 4.25. The summed E-state index contributed by atoms with van der Waals surface area (Å²) in [5.74, 6) is 1.28. The van der Waals surface area contributed by atoms with Crippen LogP contribution in [0.25, 0.3) is 0 Å². The largest absolute Gasteiger partial charge is 0.493 e. The van der Waals surface area contributed by atoms with E-state index in [4.69, 9.17) is 24.1 Å². The van der Waals surface area contributed by atoms with Gasteiger partial charge in [-0.2, -0.15) is 0 Å². The minimum Gasteiger partial charge on any atom is -0.493 e. The number of ether oxygens (including phenoxy) is 3. The second-order valence-corrected chi connectivity index (χ2v) is 6.99. The number of nitrogens with zero attached hydrogens (tertiary/aromatic N) is 1. The highest BCUT2D eigenvalue weighted by molar-refractivity contribution is 5.98. The number of carbonyl (C=O) groups is 3. The fourth-order valence-corrected chi connectivity index (χ4v) is 4.02. The number of amides is 3. The highest BCUT2D eigenvalue weighted by Crippen LogP contribution is 2.48. The summed E-state index contributed by atoms with van der Waals surface area (Å²) in [6.45, 7) is 0.951. The normalized spacial score (nSPS) is 16.7. The molecule has 1 saturated heterocycles. The van der Waals surface area contributed by atoms with E-state index in [1.54, 1.807) is 26.2 Å². The molecule has 2 aromatic carbocycles. The van der Waals surface area contributed by atoms with Gasteiger partial charge >= 0.3 is 6.03 Å². The molecular weight excluding hydrogens is 418 g/mol. The van der Waals surface area contributed by atoms with Crippen molar-refractivity contribution < 1.29 is 33.7 Å². The molecule has 2 aliphatic heterocycles. The molecule has 2 heterocycles. The molecule has 10 nitrogen and oxygen atoms in total. The first-order valence-corrected chi connectivity index (χ1v) is 9.84. The van der Waals surface area contributed by atoms with Crippen LogP contribution >= 0.6 is 0 Å². The molecule has 1 fully saturated rings. The van der Waals surface area contributed by atoms with Crippen molar-refractivity contribution in [1.82, 2.24) is 5.32 Å². The molecular formula is C22H25N3O7. The first-order valence-electron chi connectivity index (χ1n) is 9.84. The highest BCUT2D eigenvalue weighted by atomic mass is 16.5. The molecule has 0 bridgehead atoms. The van der Waals surface area contributed by atoms with Gasteiger partial charge in [-0.25, -0.2) is 4.79 Å². The van der Waals surface area contributed by atoms with E-state index in [0.717, 1.165) is 16.8 Å². The zero-order chi connectivity index (χ0) is 23.3. The molecule has 3 N–H and O–H groups in total. The van der Waals surface area contributed by atoms with Gasteiger partial charge in [0.25, 0.3) is 6.47 Å². The van der Waals surface area contributed by atoms with E-state index < -0.39 is 0 Å². The van der Waals surface area contributed by atoms with Crippen LogP contribution < -0.4 is 29.7 Å². The van der Waals surface area contributed by atoms with E-state index in [0.29, 0.717) is 36.0 Å². The average molecular weight is 443 g/mol. The SMILES string of the molecule is COc1ccc(C2CC(=O)Nc3cc(N4CCNC4=O)ccc32)c(OC)c1OC.O=CO. The summed E-state index contributed by atoms with van der Waals surface area (Å²) in [6, 6.07) is 9.28. The molecule has 3 amide bonds. The summed E-state index contributed by atoms with van der Waals surface area (Å²) in [7, 11) is 4.69. The third-order valence-electron chi connectivity index (χ3n) is 5.35. The van der Waals surface area contributed by atoms with Gasteiger partial charge in [-0.15, -0.1) is 0 Å². The molecule has 0 aromatic heterocycles. The monoisotopic (exact) mass is 443 g/mol. The van der Waals surface area contributed by atoms with E-state index in [2.05, 4.69) is 10.6 Å². The molecule has 0 spiro atoms. The maximum atomic E-state index is 12.5. The lowest BCUT2D eigenvalue weighted by molar-refractivity contribution is -0.123. The van der Waals surface area contributed by atoms with Gasteiger partial charge in [-0.3, -0.25) is 14.5 Å². The number of carbonyl (C=O) groups excluding carboxylic acids is 2. The number of hydrogen-bond donors (Lipinski definition) is 3. The standard InChI is InChI=1S/C21H23N3O5.CH2O2/c1-27-17-7-6-14(19(28-2)20(17)29-3)15-11-18(25)23-16-10-12(4-5-13(15)16)24-9-8-22-21(24)26;2-1-3/h4-7,10,15H,8-9,11H2,1-3H3,(H,22,26)(H,23,25);1H,(H,2,3). The van der Waals surface area contributed by atoms with Crippen LogP contribution in [-0.4, -0.2) is 57.9 Å². The van der Waals surface area contributed by atoms with Gasteiger partial charge in [0, 0.05) is 42.4 Å². The van der Waals surface area contributed by atoms with Gasteiger partial charge in [-0.1, -0.05) is 12.1 Å². The number of fused-ring (bicyclic) bond motifs is 1. The second-order valence-electron chi connectivity index (χ2n) is 6.99. The van der Waals surface area contributed by atoms with E-state index >= 15 is 0 Å². The lowest BCUT2D eigenvalue weighted by atomic mass is 9.84. The number of rotatable bonds is 5. The van der Waals surface area contributed by atoms with E-state index in [1.807, 2.05) is 30.3 Å². The summed E-state index contributed by atoms with van der Waals surface area (Å²) in [4.78, 5) is 34.5. The Bertz CT molecular complexity index is 1020. The van der Waals surface area contributed by atoms with Gasteiger partial charge in [0.15, 0.2) is 11.5 Å². The maximum Gasteiger partial charge on any atom is 0.321 e. The Morgan fingerprint density at radius 2 is 1.72 bits per heavy atom. The Balaban J connectivity index is 0.000000913. The molecule has 4 rings (SSSR count). The number of methoxy groups -OCH3 is 3. The number of hydrogen-bond acceptors (Lipinski definition) is 6. The number of anilines is 2. The smallest absolute Gasteiger partial charge is 0.321 e. The predicted molar refractivity (Wildman–Crippen MR) is 117 cm³/mol. The Labute approximate surface area is 185 Å². The molecule has 1 atom stereocenters. The second kappa shape index (κ2) is 9.90. The summed E-state index contributed by atoms with van der Waals surface area (Å²) in [5, 5.41) is 12.6. The topological polar surface area (TPSA) is 126 Å². The quantitative estimate of drug-likeness (QED) is 0.606. The summed E-state index contributed by atoms with van der Waals surface area (Å²) >= 11 is 0. The predicted octanol–water partition coefficient (Wildman–Crippen LogP) is 2.42. The summed E-state index contributed by atoms with van der Waals surface area (Å²) < 4.78 is 16.5. The number of carboxylic acid groups (broad SMARTS) is 1. The first kappa shape index (κ1) is 22.7. The van der Waals surface area contributed by atoms with Crippen LogP contribution in [0, 0.1) is 0 Å². The summed E-state index contributed by atoms with van der Waals surface area (Å²) in [6.07, 6.45) is 0.280. The first-order chi connectivity index (χ1) is 15.5. The van der Waals surface area contributed by atoms with Crippen molar-refractivity contribution >= 4 is 29.8 Å². The van der Waals surface area contributed by atoms with Crippen LogP contribution in [0.3, 0.4) is 0 Å². The van der Waals surface area contributed by atoms with Crippen LogP contribution in [0.5, 0.6) is 17.2 Å². The van der Waals surface area contributed by atoms with Crippen LogP contribution in [0.4, 0.5) is 16.2 Å². The Kier molecular flexibility index (Phi) is 7.04. The molecule has 1 unspecified atom stereocenters. The van der Waals surface area contributed by atoms with Gasteiger partial charge in [0.2, 0.25) is 11.7 Å². The number of nitrogens with one attached hydrogen (secondary N) is 2. The molecule has 2 aromatic rings. The van der Waals surface area contributed by atoms with E-state index in [9.17, 15) is 9.59 Å². The zero-order valence-corrected chi connectivity index (χ0v) is 18.0. The fraction of sp³-hybridized carbons (Fsp3) is 0.318. The van der Waals surface area contributed by atoms with Crippen molar-refractivity contribution in [2.75, 3.05) is 44.6 Å². The zero-order valence-electron chi connectivity index (χ0n) is 18.0. The van der Waals surface area contributed by atoms with Crippen molar-refractivity contribution in [2.45, 2.75) is 12.3 Å². The minimum absolute atomic E-state index is 0.0950. The molecule has 32 heavy (non-hydrogen) atoms. The average Bonchev–Trinajstić information content (AvgIpc) is 3.23. The molecule has 0 radical (unpaired) electrons. The minimum atomic E-state index is -0.250. The van der Waals surface area contributed by atoms with E-state index in [1.165, 1.54) is 0 Å². The summed E-state index contributed by atoms with van der Waals surface area (Å²) in [5.41, 5.74) is 3.24. The highest BCUT2D eigenvalue weighted by Gasteiger charge is 2.32. The van der Waals surface area contributed by atoms with Crippen molar-refractivity contribution in [2.24, 2.45) is 0 Å². The van der Waals surface area contributed by atoms with Gasteiger partial charge in [0.1, 0.15) is 0 Å². The number of urea groups is 1. The van der Waals surface area contributed by atoms with E-state index in [-0.39, 0.29) is 30.7 Å². The van der Waals surface area contributed by atoms with Crippen LogP contribution in [-0.2, 0) is 9.59 Å². The van der Waals surface area contributed by atoms with Gasteiger partial charge in [-0.05, 0) is 23.8 Å². The van der Waals surface area contributed by atoms with Crippen LogP contribution in [0.1, 0.15) is 23.5 Å². The Morgan fingerprint density at radius 3 is 2.31 bits per heavy atom. The van der Waals surface area contributed by atoms with Crippen molar-refractivity contribution in [3.05, 3.63) is 41.5 Å². The third-order valence-corrected chi connectivity index (χ3v) is 5.35. The fourth-order valence-electron chi connectivity index (χ4n) is 4.02. The Morgan fingerprint density at radius 1 is 1.03 bits per heavy atom. The maximum absolute atomic E-state index is 12.5. The van der Waals surface area contributed by atoms with Crippen LogP contribution in [0.15, 0.2) is 30.3 Å². The van der Waals surface area contributed by atoms with Crippen molar-refractivity contribution in [3.8, 4) is 17.2 Å². The van der Waals surface area contributed by atoms with Crippen LogP contribution in [0.2, 0.25) is 0 Å². The Hall–Kier alpha value is -3.95.